The molecule has 4 nitrogen and oxygen atoms in total. The van der Waals surface area contributed by atoms with E-state index < -0.39 is 22.9 Å². The second-order valence-electron chi connectivity index (χ2n) is 1.10. The van der Waals surface area contributed by atoms with Gasteiger partial charge in [0.15, 0.2) is 0 Å². The monoisotopic (exact) mass is 218 g/mol. The molecule has 0 aliphatic heterocycles. The molecule has 11 heavy (non-hydrogen) atoms. The van der Waals surface area contributed by atoms with Crippen molar-refractivity contribution in [3.63, 3.8) is 0 Å². The Balaban J connectivity index is 0. The van der Waals surface area contributed by atoms with Crippen LogP contribution in [0.1, 0.15) is 0 Å². The molecule has 0 aliphatic rings. The predicted octanol–water partition coefficient (Wildman–Crippen LogP) is -0.639. The molecule has 0 saturated heterocycles. The summed E-state index contributed by atoms with van der Waals surface area (Å²) in [5, 5.41) is 0. The van der Waals surface area contributed by atoms with Gasteiger partial charge in [-0.2, -0.15) is 17.2 Å². The predicted molar refractivity (Wildman–Crippen MR) is 29.3 cm³/mol. The van der Waals surface area contributed by atoms with Gasteiger partial charge in [-0.25, -0.2) is 4.79 Å². The third kappa shape index (κ3) is 8.76. The van der Waals surface area contributed by atoms with Crippen molar-refractivity contribution in [3.05, 3.63) is 0 Å². The van der Waals surface area contributed by atoms with E-state index in [9.17, 15) is 25.9 Å². The zero-order valence-electron chi connectivity index (χ0n) is 4.25. The molecule has 62 valence electrons. The van der Waals surface area contributed by atoms with Crippen molar-refractivity contribution in [1.29, 1.82) is 0 Å². The van der Waals surface area contributed by atoms with Crippen molar-refractivity contribution < 1.29 is 30.1 Å². The van der Waals surface area contributed by atoms with Gasteiger partial charge in [-0.15, -0.1) is 0 Å². The summed E-state index contributed by atoms with van der Waals surface area (Å²) in [6.45, 7) is 0. The van der Waals surface area contributed by atoms with Crippen LogP contribution in [0.5, 0.6) is 0 Å². The van der Waals surface area contributed by atoms with Gasteiger partial charge in [-0.05, 0) is 0 Å². The Bertz CT molecular complexity index is 223. The van der Waals surface area contributed by atoms with Crippen molar-refractivity contribution in [1.82, 2.24) is 0 Å². The first-order valence-corrected chi connectivity index (χ1v) is 3.10. The molecule has 0 saturated carbocycles. The molecule has 0 N–H and O–H groups in total. The van der Waals surface area contributed by atoms with Crippen LogP contribution in [0.4, 0.5) is 12.7 Å². The van der Waals surface area contributed by atoms with Crippen LogP contribution in [0.3, 0.4) is 0 Å². The molecule has 0 aromatic rings. The molecule has 0 heterocycles. The molecule has 0 rings (SSSR count). The molecule has 0 spiro atoms. The van der Waals surface area contributed by atoms with E-state index in [1.54, 1.807) is 0 Å². The number of carbonyl (C=O) groups excluding carboxylic acids is 1. The molecule has 0 atom stereocenters. The van der Waals surface area contributed by atoms with E-state index in [2.05, 4.69) is 4.18 Å². The maximum absolute atomic E-state index is 11.2. The fraction of sp³-hybridized carbons (Fsp3) is 0.500. The zero-order chi connectivity index (χ0) is 8.36. The van der Waals surface area contributed by atoms with Crippen molar-refractivity contribution >= 4 is 67.9 Å². The molecular formula is C2H2F3KO4S. The second kappa shape index (κ2) is 5.48. The van der Waals surface area contributed by atoms with E-state index >= 15 is 0 Å². The van der Waals surface area contributed by atoms with Gasteiger partial charge in [0.25, 0.3) is 0 Å². The molecule has 9 heteroatoms. The summed E-state index contributed by atoms with van der Waals surface area (Å²) in [7, 11) is -5.60. The van der Waals surface area contributed by atoms with Gasteiger partial charge in [-0.1, -0.05) is 3.89 Å². The van der Waals surface area contributed by atoms with Gasteiger partial charge >= 0.3 is 74.3 Å². The Labute approximate surface area is 103 Å². The van der Waals surface area contributed by atoms with Crippen LogP contribution in [0.15, 0.2) is 0 Å². The van der Waals surface area contributed by atoms with Gasteiger partial charge in [0, 0.05) is 0 Å². The number of halogens is 3. The molecule has 0 radical (unpaired) electrons. The molecule has 0 aliphatic carbocycles. The standard InChI is InChI=1S/C2HF3O4S.K.H/c3-1(4)2(6)9-10(5,7)8;;/h1H;;. The van der Waals surface area contributed by atoms with Crippen molar-refractivity contribution in [2.24, 2.45) is 0 Å². The maximum atomic E-state index is 11.2. The Morgan fingerprint density at radius 2 is 1.73 bits per heavy atom. The Hall–Kier alpha value is 0.846. The normalized spacial score (nSPS) is 10.5. The van der Waals surface area contributed by atoms with Gasteiger partial charge in [-0.3, -0.25) is 0 Å². The number of hydrogen-bond acceptors (Lipinski definition) is 4. The summed E-state index contributed by atoms with van der Waals surface area (Å²) < 4.78 is 54.5. The summed E-state index contributed by atoms with van der Waals surface area (Å²) in [5.41, 5.74) is 0. The molecular weight excluding hydrogens is 216 g/mol. The molecule has 0 unspecified atom stereocenters. The first-order valence-electron chi connectivity index (χ1n) is 1.79. The zero-order valence-corrected chi connectivity index (χ0v) is 5.07. The van der Waals surface area contributed by atoms with Gasteiger partial charge in [0.2, 0.25) is 0 Å². The summed E-state index contributed by atoms with van der Waals surface area (Å²) in [5.74, 6) is -2.43. The quantitative estimate of drug-likeness (QED) is 0.457. The molecule has 0 fully saturated rings. The van der Waals surface area contributed by atoms with Crippen LogP contribution in [-0.2, 0) is 19.5 Å². The average Bonchev–Trinajstić information content (AvgIpc) is 1.60. The Morgan fingerprint density at radius 3 is 1.82 bits per heavy atom. The number of hydrogen-bond donors (Lipinski definition) is 0. The number of carbonyl (C=O) groups is 1. The Kier molecular flexibility index (Phi) is 7.17. The van der Waals surface area contributed by atoms with E-state index in [4.69, 9.17) is 0 Å². The van der Waals surface area contributed by atoms with E-state index in [0.717, 1.165) is 0 Å². The third-order valence-corrected chi connectivity index (χ3v) is 0.723. The molecule has 0 aromatic carbocycles. The Morgan fingerprint density at radius 1 is 1.36 bits per heavy atom. The van der Waals surface area contributed by atoms with Crippen LogP contribution in [-0.4, -0.2) is 72.2 Å². The number of alkyl halides is 2. The van der Waals surface area contributed by atoms with Gasteiger partial charge < -0.3 is 4.18 Å². The van der Waals surface area contributed by atoms with Gasteiger partial charge in [0.1, 0.15) is 0 Å². The third-order valence-electron chi connectivity index (χ3n) is 0.360. The van der Waals surface area contributed by atoms with Crippen LogP contribution in [0.25, 0.3) is 0 Å². The van der Waals surface area contributed by atoms with Crippen LogP contribution < -0.4 is 0 Å². The minimum atomic E-state index is -5.60. The van der Waals surface area contributed by atoms with E-state index in [-0.39, 0.29) is 51.4 Å². The fourth-order valence-electron chi connectivity index (χ4n) is 0.134. The summed E-state index contributed by atoms with van der Waals surface area (Å²) in [6, 6.07) is 0. The molecule has 0 aromatic heterocycles. The SMILES string of the molecule is O=C(OS(=O)(=O)F)C(F)F.[KH]. The first kappa shape index (κ1) is 14.4. The summed E-state index contributed by atoms with van der Waals surface area (Å²) in [4.78, 5) is 9.57. The van der Waals surface area contributed by atoms with Crippen LogP contribution >= 0.6 is 0 Å². The average molecular weight is 218 g/mol. The first-order chi connectivity index (χ1) is 4.33. The fourth-order valence-corrected chi connectivity index (χ4v) is 0.403. The van der Waals surface area contributed by atoms with Crippen molar-refractivity contribution in [2.45, 2.75) is 6.43 Å². The van der Waals surface area contributed by atoms with Crippen molar-refractivity contribution in [3.8, 4) is 0 Å². The van der Waals surface area contributed by atoms with Crippen LogP contribution in [0, 0.1) is 0 Å². The van der Waals surface area contributed by atoms with E-state index in [0.29, 0.717) is 0 Å². The number of rotatable bonds is 2. The molecule has 0 amide bonds. The summed E-state index contributed by atoms with van der Waals surface area (Å²) in [6.07, 6.45) is -3.65. The van der Waals surface area contributed by atoms with Gasteiger partial charge in [0.05, 0.1) is 0 Å². The van der Waals surface area contributed by atoms with E-state index in [1.807, 2.05) is 0 Å². The topological polar surface area (TPSA) is 60.4 Å². The second-order valence-corrected chi connectivity index (χ2v) is 2.05. The molecule has 0 bridgehead atoms. The summed E-state index contributed by atoms with van der Waals surface area (Å²) >= 11 is 0. The van der Waals surface area contributed by atoms with Crippen LogP contribution in [0.2, 0.25) is 0 Å². The van der Waals surface area contributed by atoms with Crippen molar-refractivity contribution in [2.75, 3.05) is 0 Å². The van der Waals surface area contributed by atoms with E-state index in [1.165, 1.54) is 0 Å². The minimum absolute atomic E-state index is 0.